The van der Waals surface area contributed by atoms with Gasteiger partial charge in [0.15, 0.2) is 17.8 Å². The summed E-state index contributed by atoms with van der Waals surface area (Å²) < 4.78 is 17.6. The summed E-state index contributed by atoms with van der Waals surface area (Å²) in [4.78, 5) is 10.7. The first kappa shape index (κ1) is 13.0. The minimum Gasteiger partial charge on any atom is -0.493 e. The van der Waals surface area contributed by atoms with Gasteiger partial charge in [-0.3, -0.25) is 4.79 Å². The third-order valence-electron chi connectivity index (χ3n) is 2.80. The molecule has 0 radical (unpaired) electrons. The summed E-state index contributed by atoms with van der Waals surface area (Å²) in [6.45, 7) is 0. The van der Waals surface area contributed by atoms with Crippen LogP contribution in [0.4, 0.5) is 0 Å². The van der Waals surface area contributed by atoms with Gasteiger partial charge in [0.1, 0.15) is 0 Å². The average molecular weight is 261 g/mol. The second-order valence-corrected chi connectivity index (χ2v) is 3.85. The molecule has 0 saturated heterocycles. The molecule has 5 nitrogen and oxygen atoms in total. The quantitative estimate of drug-likeness (QED) is 0.775. The van der Waals surface area contributed by atoms with Gasteiger partial charge in [-0.05, 0) is 6.07 Å². The highest BCUT2D eigenvalue weighted by Gasteiger charge is 2.13. The van der Waals surface area contributed by atoms with E-state index in [1.165, 1.54) is 0 Å². The van der Waals surface area contributed by atoms with Crippen LogP contribution in [-0.2, 0) is 0 Å². The summed E-state index contributed by atoms with van der Waals surface area (Å²) in [6, 6.07) is 5.36. The van der Waals surface area contributed by atoms with E-state index in [1.807, 2.05) is 16.7 Å². The summed E-state index contributed by atoms with van der Waals surface area (Å²) in [5.41, 5.74) is 1.43. The second-order valence-electron chi connectivity index (χ2n) is 3.85. The maximum Gasteiger partial charge on any atom is 0.203 e. The lowest BCUT2D eigenvalue weighted by Crippen LogP contribution is -1.98. The fourth-order valence-electron chi connectivity index (χ4n) is 1.86. The van der Waals surface area contributed by atoms with Crippen LogP contribution in [0, 0.1) is 0 Å². The molecule has 100 valence electrons. The van der Waals surface area contributed by atoms with Crippen molar-refractivity contribution in [2.24, 2.45) is 0 Å². The number of methoxy groups -OCH3 is 3. The zero-order chi connectivity index (χ0) is 13.8. The molecule has 0 amide bonds. The van der Waals surface area contributed by atoms with Gasteiger partial charge < -0.3 is 18.8 Å². The lowest BCUT2D eigenvalue weighted by molar-refractivity contribution is 0.112. The number of hydrogen-bond donors (Lipinski definition) is 0. The van der Waals surface area contributed by atoms with Crippen LogP contribution in [0.3, 0.4) is 0 Å². The fourth-order valence-corrected chi connectivity index (χ4v) is 1.86. The Balaban J connectivity index is 2.54. The molecule has 0 unspecified atom stereocenters. The van der Waals surface area contributed by atoms with E-state index in [4.69, 9.17) is 14.2 Å². The third kappa shape index (κ3) is 2.40. The Bertz CT molecular complexity index is 564. The molecule has 0 aliphatic rings. The number of aromatic nitrogens is 1. The number of benzene rings is 1. The minimum atomic E-state index is 0.538. The molecule has 0 atom stereocenters. The zero-order valence-electron chi connectivity index (χ0n) is 11.0. The Morgan fingerprint density at radius 3 is 2.11 bits per heavy atom. The van der Waals surface area contributed by atoms with Crippen molar-refractivity contribution in [3.8, 4) is 22.9 Å². The summed E-state index contributed by atoms with van der Waals surface area (Å²) >= 11 is 0. The Kier molecular flexibility index (Phi) is 3.75. The van der Waals surface area contributed by atoms with E-state index in [9.17, 15) is 4.79 Å². The standard InChI is InChI=1S/C14H15NO4/c1-17-12-6-11(7-13(18-2)14(12)19-3)15-5-4-10(8-15)9-16/h4-9H,1-3H3. The Morgan fingerprint density at radius 2 is 1.68 bits per heavy atom. The van der Waals surface area contributed by atoms with Crippen LogP contribution < -0.4 is 14.2 Å². The van der Waals surface area contributed by atoms with Gasteiger partial charge in [-0.15, -0.1) is 0 Å². The first-order chi connectivity index (χ1) is 9.23. The lowest BCUT2D eigenvalue weighted by atomic mass is 10.2. The van der Waals surface area contributed by atoms with E-state index in [0.717, 1.165) is 12.0 Å². The van der Waals surface area contributed by atoms with Gasteiger partial charge in [0.2, 0.25) is 5.75 Å². The highest BCUT2D eigenvalue weighted by atomic mass is 16.5. The molecular formula is C14H15NO4. The summed E-state index contributed by atoms with van der Waals surface area (Å²) in [5.74, 6) is 1.67. The van der Waals surface area contributed by atoms with Crippen molar-refractivity contribution in [2.75, 3.05) is 21.3 Å². The molecule has 0 spiro atoms. The normalized spacial score (nSPS) is 10.1. The van der Waals surface area contributed by atoms with Crippen LogP contribution in [0.1, 0.15) is 10.4 Å². The van der Waals surface area contributed by atoms with Crippen LogP contribution in [-0.4, -0.2) is 32.2 Å². The molecule has 2 rings (SSSR count). The number of nitrogens with zero attached hydrogens (tertiary/aromatic N) is 1. The average Bonchev–Trinajstić information content (AvgIpc) is 2.94. The van der Waals surface area contributed by atoms with Crippen molar-refractivity contribution < 1.29 is 19.0 Å². The molecule has 0 saturated carbocycles. The van der Waals surface area contributed by atoms with Crippen LogP contribution >= 0.6 is 0 Å². The molecule has 1 aromatic carbocycles. The highest BCUT2D eigenvalue weighted by molar-refractivity contribution is 5.74. The SMILES string of the molecule is COc1cc(-n2ccc(C=O)c2)cc(OC)c1OC. The van der Waals surface area contributed by atoms with E-state index in [1.54, 1.807) is 39.8 Å². The third-order valence-corrected chi connectivity index (χ3v) is 2.80. The Morgan fingerprint density at radius 1 is 1.05 bits per heavy atom. The number of rotatable bonds is 5. The van der Waals surface area contributed by atoms with Crippen LogP contribution in [0.15, 0.2) is 30.6 Å². The first-order valence-electron chi connectivity index (χ1n) is 5.67. The molecule has 0 aliphatic heterocycles. The number of ether oxygens (including phenoxy) is 3. The van der Waals surface area contributed by atoms with Gasteiger partial charge in [-0.1, -0.05) is 0 Å². The van der Waals surface area contributed by atoms with Gasteiger partial charge in [-0.25, -0.2) is 0 Å². The van der Waals surface area contributed by atoms with Crippen molar-refractivity contribution in [1.82, 2.24) is 4.57 Å². The monoisotopic (exact) mass is 261 g/mol. The van der Waals surface area contributed by atoms with Gasteiger partial charge in [0.25, 0.3) is 0 Å². The molecule has 1 aromatic heterocycles. The molecule has 0 N–H and O–H groups in total. The first-order valence-corrected chi connectivity index (χ1v) is 5.67. The van der Waals surface area contributed by atoms with Crippen molar-refractivity contribution in [3.63, 3.8) is 0 Å². The Hall–Kier alpha value is -2.43. The topological polar surface area (TPSA) is 49.7 Å². The Labute approximate surface area is 111 Å². The van der Waals surface area contributed by atoms with E-state index in [-0.39, 0.29) is 0 Å². The van der Waals surface area contributed by atoms with Gasteiger partial charge in [0, 0.05) is 30.1 Å². The molecule has 0 aliphatic carbocycles. The minimum absolute atomic E-state index is 0.538. The largest absolute Gasteiger partial charge is 0.493 e. The highest BCUT2D eigenvalue weighted by Crippen LogP contribution is 2.39. The van der Waals surface area contributed by atoms with Gasteiger partial charge in [-0.2, -0.15) is 0 Å². The smallest absolute Gasteiger partial charge is 0.203 e. The van der Waals surface area contributed by atoms with Crippen molar-refractivity contribution in [1.29, 1.82) is 0 Å². The number of hydrogen-bond acceptors (Lipinski definition) is 4. The van der Waals surface area contributed by atoms with Crippen LogP contribution in [0.2, 0.25) is 0 Å². The molecule has 1 heterocycles. The zero-order valence-corrected chi connectivity index (χ0v) is 11.0. The predicted molar refractivity (Wildman–Crippen MR) is 70.8 cm³/mol. The molecule has 0 bridgehead atoms. The number of aldehydes is 1. The summed E-state index contributed by atoms with van der Waals surface area (Å²) in [7, 11) is 4.68. The molecular weight excluding hydrogens is 246 g/mol. The van der Waals surface area contributed by atoms with Crippen LogP contribution in [0.25, 0.3) is 5.69 Å². The second kappa shape index (κ2) is 5.48. The van der Waals surface area contributed by atoms with Crippen LogP contribution in [0.5, 0.6) is 17.2 Å². The summed E-state index contributed by atoms with van der Waals surface area (Å²) in [5, 5.41) is 0. The molecule has 0 fully saturated rings. The van der Waals surface area contributed by atoms with Gasteiger partial charge in [0.05, 0.1) is 27.0 Å². The van der Waals surface area contributed by atoms with E-state index in [0.29, 0.717) is 22.8 Å². The van der Waals surface area contributed by atoms with Crippen molar-refractivity contribution in [2.45, 2.75) is 0 Å². The fraction of sp³-hybridized carbons (Fsp3) is 0.214. The maximum absolute atomic E-state index is 10.7. The lowest BCUT2D eigenvalue weighted by Gasteiger charge is -2.14. The molecule has 19 heavy (non-hydrogen) atoms. The predicted octanol–water partition coefficient (Wildman–Crippen LogP) is 2.32. The van der Waals surface area contributed by atoms with Crippen molar-refractivity contribution in [3.05, 3.63) is 36.2 Å². The number of carbonyl (C=O) groups is 1. The molecule has 2 aromatic rings. The molecule has 5 heteroatoms. The van der Waals surface area contributed by atoms with E-state index in [2.05, 4.69) is 0 Å². The number of carbonyl (C=O) groups excluding carboxylic acids is 1. The summed E-state index contributed by atoms with van der Waals surface area (Å²) in [6.07, 6.45) is 4.33. The van der Waals surface area contributed by atoms with Gasteiger partial charge >= 0.3 is 0 Å². The maximum atomic E-state index is 10.7. The van der Waals surface area contributed by atoms with E-state index >= 15 is 0 Å². The van der Waals surface area contributed by atoms with Crippen molar-refractivity contribution >= 4 is 6.29 Å². The van der Waals surface area contributed by atoms with E-state index < -0.39 is 0 Å².